The van der Waals surface area contributed by atoms with E-state index in [1.165, 1.54) is 10.0 Å². The van der Waals surface area contributed by atoms with Gasteiger partial charge < -0.3 is 5.32 Å². The molecule has 1 aliphatic rings. The molecule has 0 bridgehead atoms. The van der Waals surface area contributed by atoms with Crippen molar-refractivity contribution in [3.05, 3.63) is 33.3 Å². The van der Waals surface area contributed by atoms with Gasteiger partial charge in [-0.3, -0.25) is 0 Å². The van der Waals surface area contributed by atoms with Crippen molar-refractivity contribution in [2.24, 2.45) is 11.3 Å². The monoisotopic (exact) mass is 315 g/mol. The summed E-state index contributed by atoms with van der Waals surface area (Å²) in [5.41, 5.74) is 1.72. The number of hydrogen-bond acceptors (Lipinski definition) is 1. The minimum atomic E-state index is 0.370. The van der Waals surface area contributed by atoms with Crippen LogP contribution in [0.1, 0.15) is 32.3 Å². The molecular formula is C14H19BrClN. The van der Waals surface area contributed by atoms with Crippen molar-refractivity contribution < 1.29 is 0 Å². The molecule has 0 amide bonds. The lowest BCUT2D eigenvalue weighted by molar-refractivity contribution is 0.525. The highest BCUT2D eigenvalue weighted by atomic mass is 79.9. The third-order valence-electron chi connectivity index (χ3n) is 3.96. The van der Waals surface area contributed by atoms with E-state index >= 15 is 0 Å². The minimum Gasteiger partial charge on any atom is -0.317 e. The Hall–Kier alpha value is -0.0500. The Balaban J connectivity index is 2.20. The number of benzene rings is 1. The average molecular weight is 317 g/mol. The van der Waals surface area contributed by atoms with E-state index in [0.29, 0.717) is 17.3 Å². The fourth-order valence-corrected chi connectivity index (χ4v) is 3.47. The van der Waals surface area contributed by atoms with Crippen molar-refractivity contribution in [3.8, 4) is 0 Å². The summed E-state index contributed by atoms with van der Waals surface area (Å²) in [6.45, 7) is 8.96. The average Bonchev–Trinajstić information content (AvgIpc) is 2.81. The number of halogens is 2. The first-order valence-electron chi connectivity index (χ1n) is 6.14. The first kappa shape index (κ1) is 13.4. The van der Waals surface area contributed by atoms with Gasteiger partial charge in [-0.05, 0) is 54.1 Å². The van der Waals surface area contributed by atoms with Gasteiger partial charge in [-0.25, -0.2) is 0 Å². The highest BCUT2D eigenvalue weighted by molar-refractivity contribution is 9.10. The third kappa shape index (κ3) is 2.54. The van der Waals surface area contributed by atoms with Crippen molar-refractivity contribution in [1.29, 1.82) is 0 Å². The summed E-state index contributed by atoms with van der Waals surface area (Å²) in [4.78, 5) is 0. The van der Waals surface area contributed by atoms with E-state index in [0.717, 1.165) is 18.1 Å². The summed E-state index contributed by atoms with van der Waals surface area (Å²) < 4.78 is 1.18. The summed E-state index contributed by atoms with van der Waals surface area (Å²) in [6, 6.07) is 6.09. The first-order valence-corrected chi connectivity index (χ1v) is 7.31. The molecule has 1 saturated carbocycles. The SMILES string of the molecule is CCNCC1C(c2cc(Cl)ccc2Br)C1(C)C. The van der Waals surface area contributed by atoms with E-state index in [4.69, 9.17) is 11.6 Å². The summed E-state index contributed by atoms with van der Waals surface area (Å²) in [6.07, 6.45) is 0. The van der Waals surface area contributed by atoms with Crippen LogP contribution >= 0.6 is 27.5 Å². The van der Waals surface area contributed by atoms with Crippen molar-refractivity contribution in [2.45, 2.75) is 26.7 Å². The molecule has 1 aliphatic carbocycles. The maximum Gasteiger partial charge on any atom is 0.0409 e. The first-order chi connectivity index (χ1) is 7.98. The van der Waals surface area contributed by atoms with E-state index < -0.39 is 0 Å². The fraction of sp³-hybridized carbons (Fsp3) is 0.571. The lowest BCUT2D eigenvalue weighted by Crippen LogP contribution is -2.17. The van der Waals surface area contributed by atoms with Crippen LogP contribution < -0.4 is 5.32 Å². The van der Waals surface area contributed by atoms with Gasteiger partial charge in [0.25, 0.3) is 0 Å². The van der Waals surface area contributed by atoms with Crippen LogP contribution in [-0.4, -0.2) is 13.1 Å². The molecule has 0 aromatic heterocycles. The van der Waals surface area contributed by atoms with Gasteiger partial charge in [0.1, 0.15) is 0 Å². The lowest BCUT2D eigenvalue weighted by Gasteiger charge is -2.06. The molecule has 0 radical (unpaired) electrons. The van der Waals surface area contributed by atoms with Gasteiger partial charge >= 0.3 is 0 Å². The largest absolute Gasteiger partial charge is 0.317 e. The number of rotatable bonds is 4. The minimum absolute atomic E-state index is 0.370. The Kier molecular flexibility index (Phi) is 3.86. The van der Waals surface area contributed by atoms with Crippen LogP contribution in [-0.2, 0) is 0 Å². The van der Waals surface area contributed by atoms with E-state index in [1.54, 1.807) is 0 Å². The Morgan fingerprint density at radius 1 is 1.41 bits per heavy atom. The van der Waals surface area contributed by atoms with E-state index in [9.17, 15) is 0 Å². The van der Waals surface area contributed by atoms with Gasteiger partial charge in [-0.2, -0.15) is 0 Å². The van der Waals surface area contributed by atoms with Gasteiger partial charge in [-0.15, -0.1) is 0 Å². The van der Waals surface area contributed by atoms with Gasteiger partial charge in [0, 0.05) is 9.50 Å². The topological polar surface area (TPSA) is 12.0 Å². The Morgan fingerprint density at radius 2 is 2.12 bits per heavy atom. The summed E-state index contributed by atoms with van der Waals surface area (Å²) in [7, 11) is 0. The molecular weight excluding hydrogens is 298 g/mol. The Labute approximate surface area is 117 Å². The van der Waals surface area contributed by atoms with Crippen molar-refractivity contribution in [3.63, 3.8) is 0 Å². The molecule has 0 aliphatic heterocycles. The Morgan fingerprint density at radius 3 is 2.76 bits per heavy atom. The molecule has 2 rings (SSSR count). The second kappa shape index (κ2) is 4.91. The van der Waals surface area contributed by atoms with Gasteiger partial charge in [-0.1, -0.05) is 48.3 Å². The predicted molar refractivity (Wildman–Crippen MR) is 77.7 cm³/mol. The second-order valence-corrected chi connectivity index (χ2v) is 6.67. The molecule has 0 spiro atoms. The van der Waals surface area contributed by atoms with Gasteiger partial charge in [0.2, 0.25) is 0 Å². The van der Waals surface area contributed by atoms with Gasteiger partial charge in [0.05, 0.1) is 0 Å². The molecule has 0 heterocycles. The molecule has 1 N–H and O–H groups in total. The number of nitrogens with one attached hydrogen (secondary N) is 1. The summed E-state index contributed by atoms with van der Waals surface area (Å²) >= 11 is 9.74. The quantitative estimate of drug-likeness (QED) is 0.865. The zero-order chi connectivity index (χ0) is 12.6. The molecule has 17 heavy (non-hydrogen) atoms. The maximum absolute atomic E-state index is 6.10. The van der Waals surface area contributed by atoms with Crippen LogP contribution in [0, 0.1) is 11.3 Å². The standard InChI is InChI=1S/C14H19BrClN/c1-4-17-8-11-13(14(11,2)3)10-7-9(16)5-6-12(10)15/h5-7,11,13,17H,4,8H2,1-3H3. The van der Waals surface area contributed by atoms with E-state index in [1.807, 2.05) is 6.07 Å². The Bertz CT molecular complexity index is 417. The second-order valence-electron chi connectivity index (χ2n) is 5.38. The summed E-state index contributed by atoms with van der Waals surface area (Å²) in [5.74, 6) is 1.31. The highest BCUT2D eigenvalue weighted by Gasteiger charge is 2.58. The third-order valence-corrected chi connectivity index (χ3v) is 4.92. The molecule has 3 heteroatoms. The van der Waals surface area contributed by atoms with Crippen molar-refractivity contribution in [1.82, 2.24) is 5.32 Å². The zero-order valence-corrected chi connectivity index (χ0v) is 12.9. The van der Waals surface area contributed by atoms with E-state index in [-0.39, 0.29) is 0 Å². The molecule has 1 nitrogen and oxygen atoms in total. The molecule has 1 aromatic carbocycles. The normalized spacial score (nSPS) is 25.9. The zero-order valence-electron chi connectivity index (χ0n) is 10.6. The van der Waals surface area contributed by atoms with Crippen LogP contribution in [0.4, 0.5) is 0 Å². The molecule has 1 fully saturated rings. The fourth-order valence-electron chi connectivity index (χ4n) is 2.80. The molecule has 2 atom stereocenters. The smallest absolute Gasteiger partial charge is 0.0409 e. The molecule has 2 unspecified atom stereocenters. The van der Waals surface area contributed by atoms with Gasteiger partial charge in [0.15, 0.2) is 0 Å². The lowest BCUT2D eigenvalue weighted by atomic mass is 10.0. The van der Waals surface area contributed by atoms with Crippen LogP contribution in [0.15, 0.2) is 22.7 Å². The van der Waals surface area contributed by atoms with Crippen LogP contribution in [0.25, 0.3) is 0 Å². The predicted octanol–water partition coefficient (Wildman–Crippen LogP) is 4.45. The van der Waals surface area contributed by atoms with Crippen LogP contribution in [0.3, 0.4) is 0 Å². The molecule has 94 valence electrons. The van der Waals surface area contributed by atoms with Crippen molar-refractivity contribution >= 4 is 27.5 Å². The molecule has 0 saturated heterocycles. The van der Waals surface area contributed by atoms with Crippen LogP contribution in [0.5, 0.6) is 0 Å². The molecule has 1 aromatic rings. The summed E-state index contributed by atoms with van der Waals surface area (Å²) in [5, 5.41) is 4.28. The van der Waals surface area contributed by atoms with Crippen LogP contribution in [0.2, 0.25) is 5.02 Å². The number of hydrogen-bond donors (Lipinski definition) is 1. The maximum atomic E-state index is 6.10. The van der Waals surface area contributed by atoms with Crippen molar-refractivity contribution in [2.75, 3.05) is 13.1 Å². The highest BCUT2D eigenvalue weighted by Crippen LogP contribution is 2.65. The van der Waals surface area contributed by atoms with E-state index in [2.05, 4.69) is 54.2 Å².